The molecule has 2 unspecified atom stereocenters. The quantitative estimate of drug-likeness (QED) is 0.847. The van der Waals surface area contributed by atoms with Crippen molar-refractivity contribution in [1.82, 2.24) is 20.1 Å². The Kier molecular flexibility index (Phi) is 4.76. The van der Waals surface area contributed by atoms with Crippen LogP contribution in [-0.2, 0) is 0 Å². The van der Waals surface area contributed by atoms with E-state index in [4.69, 9.17) is 4.42 Å². The zero-order valence-electron chi connectivity index (χ0n) is 15.7. The highest BCUT2D eigenvalue weighted by Crippen LogP contribution is 2.27. The van der Waals surface area contributed by atoms with Gasteiger partial charge in [-0.15, -0.1) is 0 Å². The van der Waals surface area contributed by atoms with Crippen molar-refractivity contribution in [3.63, 3.8) is 0 Å². The SMILES string of the molecule is O=C(N[C@@H]1CC2CCN(C2)C1)c1cc2oc(C(=O)N3CCSCC3)cc2cn1. The van der Waals surface area contributed by atoms with Crippen LogP contribution in [0.2, 0.25) is 0 Å². The van der Waals surface area contributed by atoms with Crippen molar-refractivity contribution in [2.24, 2.45) is 5.92 Å². The number of piperidine rings is 1. The molecule has 3 saturated heterocycles. The molecule has 0 saturated carbocycles. The number of fused-ring (bicyclic) bond motifs is 3. The van der Waals surface area contributed by atoms with E-state index in [1.54, 1.807) is 18.3 Å². The molecule has 3 aliphatic heterocycles. The minimum atomic E-state index is -0.174. The van der Waals surface area contributed by atoms with Crippen LogP contribution >= 0.6 is 11.8 Å². The minimum absolute atomic E-state index is 0.0887. The molecule has 8 heteroatoms. The molecule has 2 bridgehead atoms. The summed E-state index contributed by atoms with van der Waals surface area (Å²) in [6, 6.07) is 3.54. The number of carbonyl (C=O) groups is 2. The smallest absolute Gasteiger partial charge is 0.289 e. The molecule has 148 valence electrons. The molecular formula is C20H24N4O3S. The minimum Gasteiger partial charge on any atom is -0.451 e. The van der Waals surface area contributed by atoms with E-state index in [2.05, 4.69) is 15.2 Å². The van der Waals surface area contributed by atoms with Crippen molar-refractivity contribution in [3.05, 3.63) is 29.8 Å². The van der Waals surface area contributed by atoms with E-state index in [1.807, 2.05) is 16.7 Å². The summed E-state index contributed by atoms with van der Waals surface area (Å²) in [5, 5.41) is 3.86. The lowest BCUT2D eigenvalue weighted by Crippen LogP contribution is -2.47. The van der Waals surface area contributed by atoms with E-state index in [-0.39, 0.29) is 17.9 Å². The zero-order valence-corrected chi connectivity index (χ0v) is 16.5. The maximum absolute atomic E-state index is 12.7. The van der Waals surface area contributed by atoms with Crippen molar-refractivity contribution in [2.45, 2.75) is 18.9 Å². The lowest BCUT2D eigenvalue weighted by molar-refractivity contribution is 0.0742. The van der Waals surface area contributed by atoms with Gasteiger partial charge in [0, 0.05) is 61.4 Å². The first kappa shape index (κ1) is 18.0. The maximum atomic E-state index is 12.7. The van der Waals surface area contributed by atoms with E-state index in [0.29, 0.717) is 23.0 Å². The number of carbonyl (C=O) groups excluding carboxylic acids is 2. The molecule has 1 N–H and O–H groups in total. The summed E-state index contributed by atoms with van der Waals surface area (Å²) in [5.41, 5.74) is 0.866. The van der Waals surface area contributed by atoms with Gasteiger partial charge in [-0.05, 0) is 31.4 Å². The zero-order chi connectivity index (χ0) is 19.1. The largest absolute Gasteiger partial charge is 0.451 e. The van der Waals surface area contributed by atoms with Crippen LogP contribution in [0.1, 0.15) is 33.9 Å². The fourth-order valence-corrected chi connectivity index (χ4v) is 5.41. The third kappa shape index (κ3) is 3.51. The molecule has 7 nitrogen and oxygen atoms in total. The number of pyridine rings is 1. The number of thioether (sulfide) groups is 1. The fraction of sp³-hybridized carbons (Fsp3) is 0.550. The predicted octanol–water partition coefficient (Wildman–Crippen LogP) is 1.84. The van der Waals surface area contributed by atoms with Crippen LogP contribution in [0.5, 0.6) is 0 Å². The lowest BCUT2D eigenvalue weighted by Gasteiger charge is -2.30. The molecule has 28 heavy (non-hydrogen) atoms. The number of aromatic nitrogens is 1. The van der Waals surface area contributed by atoms with Gasteiger partial charge in [-0.1, -0.05) is 0 Å². The topological polar surface area (TPSA) is 78.7 Å². The Morgan fingerprint density at radius 2 is 2.04 bits per heavy atom. The summed E-state index contributed by atoms with van der Waals surface area (Å²) in [4.78, 5) is 33.8. The first-order valence-electron chi connectivity index (χ1n) is 9.95. The summed E-state index contributed by atoms with van der Waals surface area (Å²) in [6.07, 6.45) is 3.89. The highest BCUT2D eigenvalue weighted by atomic mass is 32.2. The number of furan rings is 1. The van der Waals surface area contributed by atoms with Crippen LogP contribution in [0.15, 0.2) is 22.7 Å². The Morgan fingerprint density at radius 1 is 1.18 bits per heavy atom. The van der Waals surface area contributed by atoms with Gasteiger partial charge in [-0.25, -0.2) is 0 Å². The van der Waals surface area contributed by atoms with E-state index >= 15 is 0 Å². The highest BCUT2D eigenvalue weighted by molar-refractivity contribution is 7.99. The van der Waals surface area contributed by atoms with Gasteiger partial charge in [-0.3, -0.25) is 14.6 Å². The monoisotopic (exact) mass is 400 g/mol. The number of hydrogen-bond acceptors (Lipinski definition) is 6. The molecule has 0 aliphatic carbocycles. The Bertz CT molecular complexity index is 896. The number of hydrogen-bond donors (Lipinski definition) is 1. The Balaban J connectivity index is 1.30. The van der Waals surface area contributed by atoms with Crippen LogP contribution in [0.25, 0.3) is 11.0 Å². The van der Waals surface area contributed by atoms with Crippen molar-refractivity contribution in [1.29, 1.82) is 0 Å². The average molecular weight is 401 g/mol. The van der Waals surface area contributed by atoms with Gasteiger partial charge in [0.2, 0.25) is 0 Å². The second-order valence-electron chi connectivity index (χ2n) is 7.94. The average Bonchev–Trinajstić information content (AvgIpc) is 3.30. The molecule has 0 radical (unpaired) electrons. The summed E-state index contributed by atoms with van der Waals surface area (Å²) < 4.78 is 5.78. The van der Waals surface area contributed by atoms with Crippen LogP contribution in [0.3, 0.4) is 0 Å². The Morgan fingerprint density at radius 3 is 2.86 bits per heavy atom. The molecule has 3 fully saturated rings. The van der Waals surface area contributed by atoms with Crippen LogP contribution < -0.4 is 5.32 Å². The van der Waals surface area contributed by atoms with E-state index in [0.717, 1.165) is 56.0 Å². The standard InChI is InChI=1S/C20H24N4O3S/c25-19(22-15-7-13-1-2-23(11-13)12-15)16-9-17-14(10-21-16)8-18(27-17)20(26)24-3-5-28-6-4-24/h8-10,13,15H,1-7,11-12H2,(H,22,25)/t13?,15-/m1/s1. The third-order valence-corrected chi connectivity index (χ3v) is 6.89. The van der Waals surface area contributed by atoms with Gasteiger partial charge in [-0.2, -0.15) is 11.8 Å². The highest BCUT2D eigenvalue weighted by Gasteiger charge is 2.33. The van der Waals surface area contributed by atoms with Gasteiger partial charge in [0.25, 0.3) is 11.8 Å². The third-order valence-electron chi connectivity index (χ3n) is 5.94. The molecule has 0 spiro atoms. The van der Waals surface area contributed by atoms with Crippen molar-refractivity contribution in [3.8, 4) is 0 Å². The van der Waals surface area contributed by atoms with Crippen molar-refractivity contribution in [2.75, 3.05) is 44.2 Å². The van der Waals surface area contributed by atoms with E-state index < -0.39 is 0 Å². The molecule has 0 aromatic carbocycles. The van der Waals surface area contributed by atoms with E-state index in [1.165, 1.54) is 6.42 Å². The van der Waals surface area contributed by atoms with Gasteiger partial charge in [0.15, 0.2) is 5.76 Å². The summed E-state index contributed by atoms with van der Waals surface area (Å²) in [7, 11) is 0. The van der Waals surface area contributed by atoms with Crippen LogP contribution in [-0.4, -0.2) is 76.9 Å². The lowest BCUT2D eigenvalue weighted by atomic mass is 9.97. The summed E-state index contributed by atoms with van der Waals surface area (Å²) in [5.74, 6) is 2.66. The number of nitrogens with one attached hydrogen (secondary N) is 1. The van der Waals surface area contributed by atoms with Crippen molar-refractivity contribution >= 4 is 34.5 Å². The molecular weight excluding hydrogens is 376 g/mol. The molecule has 2 amide bonds. The maximum Gasteiger partial charge on any atom is 0.289 e. The van der Waals surface area contributed by atoms with Crippen LogP contribution in [0, 0.1) is 5.92 Å². The Labute approximate surface area is 167 Å². The molecule has 2 aromatic rings. The van der Waals surface area contributed by atoms with Gasteiger partial charge < -0.3 is 19.5 Å². The fourth-order valence-electron chi connectivity index (χ4n) is 4.51. The second-order valence-corrected chi connectivity index (χ2v) is 9.17. The first-order chi connectivity index (χ1) is 13.7. The van der Waals surface area contributed by atoms with Crippen molar-refractivity contribution < 1.29 is 14.0 Å². The normalized spacial score (nSPS) is 27.1. The van der Waals surface area contributed by atoms with Gasteiger partial charge in [0.1, 0.15) is 11.3 Å². The first-order valence-corrected chi connectivity index (χ1v) is 11.1. The molecule has 3 aliphatic rings. The summed E-state index contributed by atoms with van der Waals surface area (Å²) >= 11 is 1.86. The van der Waals surface area contributed by atoms with Gasteiger partial charge >= 0.3 is 0 Å². The molecule has 3 atom stereocenters. The molecule has 5 rings (SSSR count). The number of amides is 2. The van der Waals surface area contributed by atoms with Gasteiger partial charge in [0.05, 0.1) is 0 Å². The molecule has 5 heterocycles. The number of nitrogens with zero attached hydrogens (tertiary/aromatic N) is 3. The molecule has 2 aromatic heterocycles. The van der Waals surface area contributed by atoms with Crippen LogP contribution in [0.4, 0.5) is 0 Å². The number of rotatable bonds is 3. The summed E-state index contributed by atoms with van der Waals surface area (Å²) in [6.45, 7) is 4.70. The Hall–Kier alpha value is -2.06. The predicted molar refractivity (Wildman–Crippen MR) is 108 cm³/mol. The second kappa shape index (κ2) is 7.40. The van der Waals surface area contributed by atoms with E-state index in [9.17, 15) is 9.59 Å².